The van der Waals surface area contributed by atoms with Crippen molar-refractivity contribution in [1.29, 1.82) is 0 Å². The molecule has 0 spiro atoms. The first-order chi connectivity index (χ1) is 11.2. The molecule has 8 nitrogen and oxygen atoms in total. The van der Waals surface area contributed by atoms with Crippen LogP contribution in [0.2, 0.25) is 0 Å². The molecule has 0 saturated carbocycles. The van der Waals surface area contributed by atoms with Gasteiger partial charge in [0.2, 0.25) is 0 Å². The minimum absolute atomic E-state index is 0.325. The Kier molecular flexibility index (Phi) is 4.22. The number of alkyl carbamates (subject to hydrolysis) is 1. The molecule has 1 aromatic heterocycles. The maximum Gasteiger partial charge on any atom is 0.407 e. The van der Waals surface area contributed by atoms with Crippen molar-refractivity contribution in [2.75, 3.05) is 13.1 Å². The van der Waals surface area contributed by atoms with Crippen molar-refractivity contribution < 1.29 is 19.5 Å². The fraction of sp³-hybridized carbons (Fsp3) is 0.533. The van der Waals surface area contributed by atoms with Gasteiger partial charge in [-0.15, -0.1) is 11.3 Å². The van der Waals surface area contributed by atoms with Crippen molar-refractivity contribution in [2.24, 2.45) is 0 Å². The molecule has 1 unspecified atom stereocenters. The van der Waals surface area contributed by atoms with Gasteiger partial charge in [-0.1, -0.05) is 0 Å². The maximum absolute atomic E-state index is 11.8. The SMILES string of the molecule is CC(C)(C)OC(=O)NCc1cnc(C2=CC3CN(C2)C(=O)N3O)s1. The lowest BCUT2D eigenvalue weighted by Gasteiger charge is -2.19. The predicted octanol–water partition coefficient (Wildman–Crippen LogP) is 2.06. The average molecular weight is 352 g/mol. The van der Waals surface area contributed by atoms with Crippen LogP contribution in [0.4, 0.5) is 9.59 Å². The van der Waals surface area contributed by atoms with E-state index in [2.05, 4.69) is 10.3 Å². The van der Waals surface area contributed by atoms with Crippen LogP contribution in [0.25, 0.3) is 5.57 Å². The van der Waals surface area contributed by atoms with E-state index in [1.165, 1.54) is 11.3 Å². The maximum atomic E-state index is 11.8. The van der Waals surface area contributed by atoms with Crippen LogP contribution in [0, 0.1) is 0 Å². The number of fused-ring (bicyclic) bond motifs is 2. The van der Waals surface area contributed by atoms with Crippen LogP contribution in [0.5, 0.6) is 0 Å². The summed E-state index contributed by atoms with van der Waals surface area (Å²) in [5, 5.41) is 13.9. The summed E-state index contributed by atoms with van der Waals surface area (Å²) in [6.07, 6.45) is 3.09. The Labute approximate surface area is 143 Å². The molecule has 24 heavy (non-hydrogen) atoms. The summed E-state index contributed by atoms with van der Waals surface area (Å²) in [5.74, 6) is 0. The number of thiazole rings is 1. The van der Waals surface area contributed by atoms with E-state index in [4.69, 9.17) is 4.74 Å². The molecule has 1 fully saturated rings. The molecule has 2 N–H and O–H groups in total. The van der Waals surface area contributed by atoms with Crippen LogP contribution in [-0.2, 0) is 11.3 Å². The Morgan fingerprint density at radius 2 is 2.29 bits per heavy atom. The van der Waals surface area contributed by atoms with Crippen LogP contribution in [-0.4, -0.2) is 57.0 Å². The molecule has 2 aliphatic heterocycles. The lowest BCUT2D eigenvalue weighted by Crippen LogP contribution is -2.31. The van der Waals surface area contributed by atoms with Gasteiger partial charge in [-0.2, -0.15) is 5.06 Å². The van der Waals surface area contributed by atoms with Crippen LogP contribution >= 0.6 is 11.3 Å². The minimum atomic E-state index is -0.535. The molecule has 3 rings (SSSR count). The predicted molar refractivity (Wildman–Crippen MR) is 87.5 cm³/mol. The number of nitrogens with one attached hydrogen (secondary N) is 1. The molecule has 1 atom stereocenters. The summed E-state index contributed by atoms with van der Waals surface area (Å²) in [6, 6.07) is -0.705. The zero-order valence-corrected chi connectivity index (χ0v) is 14.6. The molecule has 0 radical (unpaired) electrons. The summed E-state index contributed by atoms with van der Waals surface area (Å²) < 4.78 is 5.19. The lowest BCUT2D eigenvalue weighted by atomic mass is 10.1. The standard InChI is InChI=1S/C15H20N4O4S/c1-15(2,3)23-13(20)17-6-11-5-16-12(24-11)9-4-10-8-18(7-9)14(21)19(10)22/h4-5,10,22H,6-8H2,1-3H3,(H,17,20). The molecular weight excluding hydrogens is 332 g/mol. The van der Waals surface area contributed by atoms with Gasteiger partial charge in [0.1, 0.15) is 10.6 Å². The number of carbonyl (C=O) groups excluding carboxylic acids is 2. The molecule has 9 heteroatoms. The van der Waals surface area contributed by atoms with Gasteiger partial charge in [0.05, 0.1) is 19.1 Å². The highest BCUT2D eigenvalue weighted by atomic mass is 32.1. The third-order valence-electron chi connectivity index (χ3n) is 3.58. The Morgan fingerprint density at radius 3 is 2.96 bits per heavy atom. The van der Waals surface area contributed by atoms with Crippen LogP contribution < -0.4 is 5.32 Å². The van der Waals surface area contributed by atoms with E-state index in [1.807, 2.05) is 26.8 Å². The quantitative estimate of drug-likeness (QED) is 0.812. The van der Waals surface area contributed by atoms with E-state index < -0.39 is 11.7 Å². The van der Waals surface area contributed by atoms with E-state index in [0.717, 1.165) is 20.5 Å². The van der Waals surface area contributed by atoms with Crippen LogP contribution in [0.15, 0.2) is 12.3 Å². The average Bonchev–Trinajstić information content (AvgIpc) is 3.04. The van der Waals surface area contributed by atoms with Crippen LogP contribution in [0.3, 0.4) is 0 Å². The lowest BCUT2D eigenvalue weighted by molar-refractivity contribution is -0.0450. The second-order valence-corrected chi connectivity index (χ2v) is 7.87. The minimum Gasteiger partial charge on any atom is -0.444 e. The highest BCUT2D eigenvalue weighted by Gasteiger charge is 2.39. The summed E-state index contributed by atoms with van der Waals surface area (Å²) in [4.78, 5) is 30.2. The Morgan fingerprint density at radius 1 is 1.54 bits per heavy atom. The van der Waals surface area contributed by atoms with Gasteiger partial charge in [0.15, 0.2) is 0 Å². The van der Waals surface area contributed by atoms with Gasteiger partial charge in [-0.05, 0) is 26.8 Å². The first-order valence-corrected chi connectivity index (χ1v) is 8.44. The second kappa shape index (κ2) is 6.06. The summed E-state index contributed by atoms with van der Waals surface area (Å²) in [5.41, 5.74) is 0.372. The normalized spacial score (nSPS) is 20.2. The number of aromatic nitrogens is 1. The van der Waals surface area contributed by atoms with Gasteiger partial charge < -0.3 is 15.0 Å². The first kappa shape index (κ1) is 16.7. The smallest absolute Gasteiger partial charge is 0.407 e. The highest BCUT2D eigenvalue weighted by Crippen LogP contribution is 2.30. The third kappa shape index (κ3) is 3.51. The molecule has 3 amide bonds. The third-order valence-corrected chi connectivity index (χ3v) is 4.65. The number of amides is 3. The monoisotopic (exact) mass is 352 g/mol. The molecule has 130 valence electrons. The number of nitrogens with zero attached hydrogens (tertiary/aromatic N) is 3. The van der Waals surface area contributed by atoms with Crippen molar-refractivity contribution in [1.82, 2.24) is 20.3 Å². The Bertz CT molecular complexity index is 694. The zero-order chi connectivity index (χ0) is 17.5. The molecule has 1 saturated heterocycles. The molecule has 0 aliphatic carbocycles. The molecule has 2 bridgehead atoms. The Balaban J connectivity index is 1.61. The number of hydroxylamine groups is 2. The zero-order valence-electron chi connectivity index (χ0n) is 13.8. The fourth-order valence-corrected chi connectivity index (χ4v) is 3.43. The van der Waals surface area contributed by atoms with E-state index >= 15 is 0 Å². The fourth-order valence-electron chi connectivity index (χ4n) is 2.56. The van der Waals surface area contributed by atoms with E-state index in [0.29, 0.717) is 19.6 Å². The van der Waals surface area contributed by atoms with Crippen LogP contribution in [0.1, 0.15) is 30.7 Å². The summed E-state index contributed by atoms with van der Waals surface area (Å²) >= 11 is 1.45. The molecule has 1 aromatic rings. The first-order valence-electron chi connectivity index (χ1n) is 7.62. The number of urea groups is 1. The number of ether oxygens (including phenoxy) is 1. The van der Waals surface area contributed by atoms with Crippen molar-refractivity contribution in [2.45, 2.75) is 39.0 Å². The summed E-state index contributed by atoms with van der Waals surface area (Å²) in [6.45, 7) is 6.68. The highest BCUT2D eigenvalue weighted by molar-refractivity contribution is 7.12. The number of carbonyl (C=O) groups is 2. The van der Waals surface area contributed by atoms with E-state index in [1.54, 1.807) is 11.1 Å². The summed E-state index contributed by atoms with van der Waals surface area (Å²) in [7, 11) is 0. The van der Waals surface area contributed by atoms with Crippen molar-refractivity contribution in [3.63, 3.8) is 0 Å². The molecule has 3 heterocycles. The van der Waals surface area contributed by atoms with E-state index in [-0.39, 0.29) is 12.1 Å². The number of hydrogen-bond acceptors (Lipinski definition) is 6. The van der Waals surface area contributed by atoms with Gasteiger partial charge in [-0.25, -0.2) is 14.6 Å². The van der Waals surface area contributed by atoms with E-state index in [9.17, 15) is 14.8 Å². The van der Waals surface area contributed by atoms with Crippen molar-refractivity contribution >= 4 is 29.0 Å². The molecule has 2 aliphatic rings. The number of hydrogen-bond donors (Lipinski definition) is 2. The topological polar surface area (TPSA) is 95.0 Å². The van der Waals surface area contributed by atoms with Crippen molar-refractivity contribution in [3.8, 4) is 0 Å². The van der Waals surface area contributed by atoms with Gasteiger partial charge in [-0.3, -0.25) is 5.21 Å². The van der Waals surface area contributed by atoms with Gasteiger partial charge in [0, 0.05) is 23.2 Å². The number of rotatable bonds is 3. The molecule has 0 aromatic carbocycles. The van der Waals surface area contributed by atoms with Gasteiger partial charge in [0.25, 0.3) is 0 Å². The van der Waals surface area contributed by atoms with Crippen molar-refractivity contribution in [3.05, 3.63) is 22.2 Å². The second-order valence-electron chi connectivity index (χ2n) is 6.75. The molecular formula is C15H20N4O4S. The Hall–Kier alpha value is -2.13. The largest absolute Gasteiger partial charge is 0.444 e. The van der Waals surface area contributed by atoms with Gasteiger partial charge >= 0.3 is 12.1 Å².